The minimum Gasteiger partial charge on any atom is -0.463 e. The summed E-state index contributed by atoms with van der Waals surface area (Å²) in [6.07, 6.45) is 7.33. The first-order valence-corrected chi connectivity index (χ1v) is 7.35. The van der Waals surface area contributed by atoms with Gasteiger partial charge in [-0.05, 0) is 24.7 Å². The summed E-state index contributed by atoms with van der Waals surface area (Å²) in [6.45, 7) is 6.05. The van der Waals surface area contributed by atoms with Gasteiger partial charge in [0, 0.05) is 6.42 Å². The molecule has 0 aliphatic carbocycles. The highest BCUT2D eigenvalue weighted by molar-refractivity contribution is 5.69. The number of carbonyl (C=O) groups excluding carboxylic acids is 1. The highest BCUT2D eigenvalue weighted by Gasteiger charge is 2.10. The lowest BCUT2D eigenvalue weighted by molar-refractivity contribution is -0.144. The van der Waals surface area contributed by atoms with Crippen LogP contribution in [0.15, 0.2) is 0 Å². The van der Waals surface area contributed by atoms with Gasteiger partial charge in [-0.1, -0.05) is 46.5 Å². The molecular formula is C15H29FO2. The summed E-state index contributed by atoms with van der Waals surface area (Å²) in [5, 5.41) is 0. The number of ether oxygens (including phenoxy) is 1. The monoisotopic (exact) mass is 260 g/mol. The molecule has 0 aliphatic heterocycles. The topological polar surface area (TPSA) is 26.3 Å². The summed E-state index contributed by atoms with van der Waals surface area (Å²) < 4.78 is 16.5. The van der Waals surface area contributed by atoms with Gasteiger partial charge in [0.1, 0.15) is 13.3 Å². The van der Waals surface area contributed by atoms with E-state index in [4.69, 9.17) is 4.74 Å². The zero-order valence-electron chi connectivity index (χ0n) is 12.2. The average Bonchev–Trinajstić information content (AvgIpc) is 2.39. The van der Waals surface area contributed by atoms with E-state index in [0.717, 1.165) is 18.8 Å². The van der Waals surface area contributed by atoms with E-state index in [2.05, 4.69) is 20.8 Å². The zero-order chi connectivity index (χ0) is 13.8. The van der Waals surface area contributed by atoms with Crippen LogP contribution >= 0.6 is 0 Å². The number of hydrogen-bond donors (Lipinski definition) is 0. The molecule has 0 saturated heterocycles. The number of hydrogen-bond acceptors (Lipinski definition) is 2. The molecule has 0 radical (unpaired) electrons. The van der Waals surface area contributed by atoms with Crippen molar-refractivity contribution in [3.63, 3.8) is 0 Å². The van der Waals surface area contributed by atoms with Crippen LogP contribution in [0.4, 0.5) is 4.39 Å². The molecule has 108 valence electrons. The molecule has 0 fully saturated rings. The molecule has 2 nitrogen and oxygen atoms in total. The second kappa shape index (κ2) is 11.5. The molecule has 0 aliphatic rings. The second-order valence-electron chi connectivity index (χ2n) is 5.17. The Labute approximate surface area is 111 Å². The molecule has 18 heavy (non-hydrogen) atoms. The van der Waals surface area contributed by atoms with E-state index >= 15 is 0 Å². The maximum atomic E-state index is 11.8. The Kier molecular flexibility index (Phi) is 11.1. The first-order chi connectivity index (χ1) is 8.63. The van der Waals surface area contributed by atoms with Crippen LogP contribution in [0.3, 0.4) is 0 Å². The van der Waals surface area contributed by atoms with Crippen LogP contribution in [0.1, 0.15) is 65.7 Å². The molecule has 0 rings (SSSR count). The maximum absolute atomic E-state index is 11.8. The molecular weight excluding hydrogens is 231 g/mol. The van der Waals surface area contributed by atoms with Crippen LogP contribution in [0.25, 0.3) is 0 Å². The van der Waals surface area contributed by atoms with Crippen molar-refractivity contribution in [2.45, 2.75) is 65.7 Å². The number of rotatable bonds is 11. The standard InChI is InChI=1S/C15H29FO2/c1-4-13(3)9-10-14(5-2)7-6-8-15(17)18-12-11-16/h13-14H,4-12H2,1-3H3. The van der Waals surface area contributed by atoms with E-state index in [9.17, 15) is 9.18 Å². The van der Waals surface area contributed by atoms with Gasteiger partial charge in [0.2, 0.25) is 0 Å². The van der Waals surface area contributed by atoms with E-state index in [1.165, 1.54) is 25.7 Å². The van der Waals surface area contributed by atoms with E-state index in [-0.39, 0.29) is 12.6 Å². The van der Waals surface area contributed by atoms with E-state index < -0.39 is 6.67 Å². The summed E-state index contributed by atoms with van der Waals surface area (Å²) in [5.41, 5.74) is 0. The Morgan fingerprint density at radius 3 is 2.44 bits per heavy atom. The summed E-state index contributed by atoms with van der Waals surface area (Å²) in [6, 6.07) is 0. The molecule has 2 atom stereocenters. The molecule has 3 heteroatoms. The summed E-state index contributed by atoms with van der Waals surface area (Å²) in [5.74, 6) is 1.26. The maximum Gasteiger partial charge on any atom is 0.305 e. The van der Waals surface area contributed by atoms with Crippen LogP contribution in [0, 0.1) is 11.8 Å². The average molecular weight is 260 g/mol. The molecule has 0 saturated carbocycles. The summed E-state index contributed by atoms with van der Waals surface area (Å²) in [4.78, 5) is 11.2. The van der Waals surface area contributed by atoms with Crippen molar-refractivity contribution in [1.29, 1.82) is 0 Å². The second-order valence-corrected chi connectivity index (χ2v) is 5.17. The fraction of sp³-hybridized carbons (Fsp3) is 0.933. The normalized spacial score (nSPS) is 14.2. The van der Waals surface area contributed by atoms with Crippen LogP contribution in [0.2, 0.25) is 0 Å². The molecule has 0 aromatic rings. The van der Waals surface area contributed by atoms with E-state index in [0.29, 0.717) is 12.3 Å². The molecule has 0 bridgehead atoms. The first-order valence-electron chi connectivity index (χ1n) is 7.35. The molecule has 0 heterocycles. The molecule has 2 unspecified atom stereocenters. The van der Waals surface area contributed by atoms with Crippen LogP contribution in [0.5, 0.6) is 0 Å². The Morgan fingerprint density at radius 2 is 1.89 bits per heavy atom. The van der Waals surface area contributed by atoms with Gasteiger partial charge in [-0.25, -0.2) is 4.39 Å². The fourth-order valence-corrected chi connectivity index (χ4v) is 2.04. The third-order valence-corrected chi connectivity index (χ3v) is 3.68. The third kappa shape index (κ3) is 9.43. The van der Waals surface area contributed by atoms with E-state index in [1.54, 1.807) is 0 Å². The lowest BCUT2D eigenvalue weighted by atomic mass is 9.90. The minimum absolute atomic E-state index is 0.0932. The first kappa shape index (κ1) is 17.4. The van der Waals surface area contributed by atoms with Crippen LogP contribution in [-0.2, 0) is 9.53 Å². The van der Waals surface area contributed by atoms with Gasteiger partial charge in [0.15, 0.2) is 0 Å². The third-order valence-electron chi connectivity index (χ3n) is 3.68. The van der Waals surface area contributed by atoms with Gasteiger partial charge in [0.25, 0.3) is 0 Å². The van der Waals surface area contributed by atoms with Crippen molar-refractivity contribution < 1.29 is 13.9 Å². The summed E-state index contributed by atoms with van der Waals surface area (Å²) >= 11 is 0. The summed E-state index contributed by atoms with van der Waals surface area (Å²) in [7, 11) is 0. The van der Waals surface area contributed by atoms with Gasteiger partial charge in [-0.2, -0.15) is 0 Å². The fourth-order valence-electron chi connectivity index (χ4n) is 2.04. The molecule has 0 aromatic heterocycles. The highest BCUT2D eigenvalue weighted by Crippen LogP contribution is 2.22. The quantitative estimate of drug-likeness (QED) is 0.510. The van der Waals surface area contributed by atoms with Crippen molar-refractivity contribution in [2.75, 3.05) is 13.3 Å². The van der Waals surface area contributed by atoms with Gasteiger partial charge < -0.3 is 4.74 Å². The number of carbonyl (C=O) groups is 1. The number of esters is 1. The Hall–Kier alpha value is -0.600. The Bertz CT molecular complexity index is 207. The SMILES string of the molecule is CCC(C)CCC(CC)CCCC(=O)OCCF. The van der Waals surface area contributed by atoms with Gasteiger partial charge in [-0.15, -0.1) is 0 Å². The Morgan fingerprint density at radius 1 is 1.17 bits per heavy atom. The smallest absolute Gasteiger partial charge is 0.305 e. The van der Waals surface area contributed by atoms with Gasteiger partial charge in [0.05, 0.1) is 0 Å². The van der Waals surface area contributed by atoms with Crippen LogP contribution < -0.4 is 0 Å². The highest BCUT2D eigenvalue weighted by atomic mass is 19.1. The molecule has 0 N–H and O–H groups in total. The minimum atomic E-state index is -0.585. The van der Waals surface area contributed by atoms with Gasteiger partial charge >= 0.3 is 5.97 Å². The number of alkyl halides is 1. The number of halogens is 1. The molecule has 0 aromatic carbocycles. The lowest BCUT2D eigenvalue weighted by Gasteiger charge is -2.16. The van der Waals surface area contributed by atoms with Crippen molar-refractivity contribution in [1.82, 2.24) is 0 Å². The predicted molar refractivity (Wildman–Crippen MR) is 73.3 cm³/mol. The van der Waals surface area contributed by atoms with Crippen LogP contribution in [-0.4, -0.2) is 19.3 Å². The molecule has 0 spiro atoms. The largest absolute Gasteiger partial charge is 0.463 e. The zero-order valence-corrected chi connectivity index (χ0v) is 12.2. The van der Waals surface area contributed by atoms with Crippen molar-refractivity contribution in [2.24, 2.45) is 11.8 Å². The van der Waals surface area contributed by atoms with Gasteiger partial charge in [-0.3, -0.25) is 4.79 Å². The lowest BCUT2D eigenvalue weighted by Crippen LogP contribution is -2.08. The van der Waals surface area contributed by atoms with E-state index in [1.807, 2.05) is 0 Å². The predicted octanol–water partition coefficient (Wildman–Crippen LogP) is 4.52. The molecule has 0 amide bonds. The van der Waals surface area contributed by atoms with Crippen molar-refractivity contribution >= 4 is 5.97 Å². The van der Waals surface area contributed by atoms with Crippen molar-refractivity contribution in [3.05, 3.63) is 0 Å². The Balaban J connectivity index is 3.63. The van der Waals surface area contributed by atoms with Crippen molar-refractivity contribution in [3.8, 4) is 0 Å².